The Morgan fingerprint density at radius 1 is 1.06 bits per heavy atom. The van der Waals surface area contributed by atoms with Gasteiger partial charge in [0.2, 0.25) is 0 Å². The summed E-state index contributed by atoms with van der Waals surface area (Å²) in [6.07, 6.45) is 6.75. The van der Waals surface area contributed by atoms with Crippen molar-refractivity contribution in [3.63, 3.8) is 0 Å². The molecule has 1 aromatic rings. The summed E-state index contributed by atoms with van der Waals surface area (Å²) in [5.74, 6) is -0.599. The van der Waals surface area contributed by atoms with E-state index >= 15 is 0 Å². The Hall–Kier alpha value is -0.480. The predicted octanol–water partition coefficient (Wildman–Crippen LogP) is 4.70. The van der Waals surface area contributed by atoms with Crippen molar-refractivity contribution < 1.29 is 8.78 Å². The zero-order valence-electron chi connectivity index (χ0n) is 10.3. The first-order valence-corrected chi connectivity index (χ1v) is 7.29. The topological polar surface area (TPSA) is 26.0 Å². The van der Waals surface area contributed by atoms with Crippen molar-refractivity contribution in [3.05, 3.63) is 33.8 Å². The lowest BCUT2D eigenvalue weighted by atomic mass is 9.87. The number of benzene rings is 1. The second-order valence-corrected chi connectivity index (χ2v) is 5.92. The third kappa shape index (κ3) is 3.09. The molecule has 2 rings (SSSR count). The van der Waals surface area contributed by atoms with E-state index in [0.29, 0.717) is 5.56 Å². The van der Waals surface area contributed by atoms with Gasteiger partial charge in [-0.25, -0.2) is 8.78 Å². The van der Waals surface area contributed by atoms with Crippen molar-refractivity contribution in [2.45, 2.75) is 44.6 Å². The van der Waals surface area contributed by atoms with Gasteiger partial charge in [-0.3, -0.25) is 0 Å². The molecule has 0 heterocycles. The second kappa shape index (κ2) is 6.11. The minimum atomic E-state index is -0.449. The summed E-state index contributed by atoms with van der Waals surface area (Å²) in [5.41, 5.74) is 6.44. The van der Waals surface area contributed by atoms with Crippen molar-refractivity contribution in [2.75, 3.05) is 0 Å². The first-order chi connectivity index (χ1) is 8.59. The predicted molar refractivity (Wildman–Crippen MR) is 72.2 cm³/mol. The van der Waals surface area contributed by atoms with Gasteiger partial charge in [-0.15, -0.1) is 0 Å². The Kier molecular flexibility index (Phi) is 4.73. The molecular weight excluding hydrogens is 300 g/mol. The van der Waals surface area contributed by atoms with Crippen molar-refractivity contribution >= 4 is 15.9 Å². The van der Waals surface area contributed by atoms with Crippen LogP contribution in [0.15, 0.2) is 16.6 Å². The fourth-order valence-electron chi connectivity index (χ4n) is 2.72. The molecule has 1 fully saturated rings. The van der Waals surface area contributed by atoms with Crippen LogP contribution in [0.3, 0.4) is 0 Å². The normalized spacial score (nSPS) is 19.6. The van der Waals surface area contributed by atoms with Crippen LogP contribution in [0.2, 0.25) is 0 Å². The number of hydrogen-bond acceptors (Lipinski definition) is 1. The fourth-order valence-corrected chi connectivity index (χ4v) is 3.03. The van der Waals surface area contributed by atoms with Crippen LogP contribution in [0.4, 0.5) is 8.78 Å². The summed E-state index contributed by atoms with van der Waals surface area (Å²) < 4.78 is 27.5. The average Bonchev–Trinajstić information content (AvgIpc) is 2.61. The molecule has 1 aliphatic rings. The van der Waals surface area contributed by atoms with Crippen LogP contribution in [-0.2, 0) is 0 Å². The number of halogens is 3. The summed E-state index contributed by atoms with van der Waals surface area (Å²) in [4.78, 5) is 0. The highest BCUT2D eigenvalue weighted by molar-refractivity contribution is 9.10. The van der Waals surface area contributed by atoms with Crippen LogP contribution in [0.1, 0.15) is 50.1 Å². The molecule has 0 aliphatic heterocycles. The van der Waals surface area contributed by atoms with Crippen molar-refractivity contribution in [2.24, 2.45) is 11.7 Å². The van der Waals surface area contributed by atoms with Crippen LogP contribution in [0, 0.1) is 17.6 Å². The van der Waals surface area contributed by atoms with Gasteiger partial charge in [0.15, 0.2) is 0 Å². The summed E-state index contributed by atoms with van der Waals surface area (Å²) in [7, 11) is 0. The van der Waals surface area contributed by atoms with Crippen LogP contribution in [-0.4, -0.2) is 0 Å². The summed E-state index contributed by atoms with van der Waals surface area (Å²) >= 11 is 2.98. The molecule has 1 saturated carbocycles. The maximum absolute atomic E-state index is 13.9. The Morgan fingerprint density at radius 2 is 1.67 bits per heavy atom. The molecule has 100 valence electrons. The molecule has 0 saturated heterocycles. The van der Waals surface area contributed by atoms with Gasteiger partial charge >= 0.3 is 0 Å². The fraction of sp³-hybridized carbons (Fsp3) is 0.571. The lowest BCUT2D eigenvalue weighted by Crippen LogP contribution is -2.22. The van der Waals surface area contributed by atoms with Crippen LogP contribution in [0.5, 0.6) is 0 Å². The first-order valence-electron chi connectivity index (χ1n) is 6.49. The van der Waals surface area contributed by atoms with E-state index in [0.717, 1.165) is 25.7 Å². The summed E-state index contributed by atoms with van der Waals surface area (Å²) in [6, 6.07) is 2.00. The third-order valence-electron chi connectivity index (χ3n) is 3.81. The Morgan fingerprint density at radius 3 is 2.28 bits per heavy atom. The SMILES string of the molecule is NC(c1cc(F)c(Br)cc1F)C1CCCCCC1. The molecule has 1 aromatic carbocycles. The van der Waals surface area contributed by atoms with E-state index in [2.05, 4.69) is 15.9 Å². The van der Waals surface area contributed by atoms with E-state index in [4.69, 9.17) is 5.73 Å². The highest BCUT2D eigenvalue weighted by atomic mass is 79.9. The molecular formula is C14H18BrF2N. The van der Waals surface area contributed by atoms with E-state index in [9.17, 15) is 8.78 Å². The maximum atomic E-state index is 13.9. The molecule has 0 aromatic heterocycles. The summed E-state index contributed by atoms with van der Waals surface area (Å²) in [6.45, 7) is 0. The molecule has 1 atom stereocenters. The Bertz CT molecular complexity index is 415. The zero-order chi connectivity index (χ0) is 13.1. The third-order valence-corrected chi connectivity index (χ3v) is 4.41. The highest BCUT2D eigenvalue weighted by Crippen LogP contribution is 2.34. The molecule has 0 bridgehead atoms. The van der Waals surface area contributed by atoms with E-state index in [1.165, 1.54) is 25.0 Å². The molecule has 1 unspecified atom stereocenters. The van der Waals surface area contributed by atoms with Gasteiger partial charge in [-0.2, -0.15) is 0 Å². The largest absolute Gasteiger partial charge is 0.324 e. The zero-order valence-corrected chi connectivity index (χ0v) is 11.8. The van der Waals surface area contributed by atoms with Crippen molar-refractivity contribution in [3.8, 4) is 0 Å². The molecule has 0 amide bonds. The standard InChI is InChI=1S/C14H18BrF2N/c15-11-8-12(16)10(7-13(11)17)14(18)9-5-3-1-2-4-6-9/h7-9,14H,1-6,18H2. The molecule has 4 heteroatoms. The van der Waals surface area contributed by atoms with Gasteiger partial charge in [0.05, 0.1) is 4.47 Å². The minimum Gasteiger partial charge on any atom is -0.324 e. The van der Waals surface area contributed by atoms with Gasteiger partial charge in [0, 0.05) is 11.6 Å². The lowest BCUT2D eigenvalue weighted by Gasteiger charge is -2.23. The van der Waals surface area contributed by atoms with E-state index in [1.807, 2.05) is 0 Å². The summed E-state index contributed by atoms with van der Waals surface area (Å²) in [5, 5.41) is 0. The number of rotatable bonds is 2. The van der Waals surface area contributed by atoms with Gasteiger partial charge < -0.3 is 5.73 Å². The average molecular weight is 318 g/mol. The molecule has 1 nitrogen and oxygen atoms in total. The van der Waals surface area contributed by atoms with Crippen LogP contribution < -0.4 is 5.73 Å². The van der Waals surface area contributed by atoms with E-state index in [-0.39, 0.29) is 10.4 Å². The van der Waals surface area contributed by atoms with Crippen LogP contribution in [0.25, 0.3) is 0 Å². The van der Waals surface area contributed by atoms with E-state index < -0.39 is 17.7 Å². The monoisotopic (exact) mass is 317 g/mol. The Balaban J connectivity index is 2.21. The molecule has 18 heavy (non-hydrogen) atoms. The lowest BCUT2D eigenvalue weighted by molar-refractivity contribution is 0.371. The van der Waals surface area contributed by atoms with Crippen molar-refractivity contribution in [1.29, 1.82) is 0 Å². The number of nitrogens with two attached hydrogens (primary N) is 1. The molecule has 0 radical (unpaired) electrons. The quantitative estimate of drug-likeness (QED) is 0.621. The van der Waals surface area contributed by atoms with Crippen molar-refractivity contribution in [1.82, 2.24) is 0 Å². The molecule has 1 aliphatic carbocycles. The number of hydrogen-bond donors (Lipinski definition) is 1. The van der Waals surface area contributed by atoms with E-state index in [1.54, 1.807) is 0 Å². The minimum absolute atomic E-state index is 0.150. The smallest absolute Gasteiger partial charge is 0.137 e. The molecule has 0 spiro atoms. The molecule has 2 N–H and O–H groups in total. The van der Waals surface area contributed by atoms with Gasteiger partial charge in [-0.1, -0.05) is 25.7 Å². The van der Waals surface area contributed by atoms with Gasteiger partial charge in [-0.05, 0) is 46.8 Å². The Labute approximate surface area is 115 Å². The van der Waals surface area contributed by atoms with Gasteiger partial charge in [0.25, 0.3) is 0 Å². The highest BCUT2D eigenvalue weighted by Gasteiger charge is 2.24. The van der Waals surface area contributed by atoms with Gasteiger partial charge in [0.1, 0.15) is 11.6 Å². The maximum Gasteiger partial charge on any atom is 0.137 e. The second-order valence-electron chi connectivity index (χ2n) is 5.07. The van der Waals surface area contributed by atoms with Crippen LogP contribution >= 0.6 is 15.9 Å². The first kappa shape index (κ1) is 13.9.